The fourth-order valence-corrected chi connectivity index (χ4v) is 2.08. The molecule has 1 unspecified atom stereocenters. The van der Waals surface area contributed by atoms with E-state index in [1.54, 1.807) is 0 Å². The van der Waals surface area contributed by atoms with E-state index in [0.717, 1.165) is 19.2 Å². The van der Waals surface area contributed by atoms with Gasteiger partial charge in [-0.25, -0.2) is 0 Å². The first-order valence-corrected chi connectivity index (χ1v) is 7.30. The summed E-state index contributed by atoms with van der Waals surface area (Å²) in [5.74, 6) is 0. The molecule has 1 aliphatic carbocycles. The van der Waals surface area contributed by atoms with Crippen molar-refractivity contribution in [3.05, 3.63) is 35.9 Å². The monoisotopic (exact) mass is 247 g/mol. The summed E-state index contributed by atoms with van der Waals surface area (Å²) in [6.45, 7) is 4.05. The van der Waals surface area contributed by atoms with E-state index in [2.05, 4.69) is 42.6 Å². The highest BCUT2D eigenvalue weighted by molar-refractivity contribution is 5.18. The Bertz CT molecular complexity index is 321. The summed E-state index contributed by atoms with van der Waals surface area (Å²) in [6, 6.07) is 11.3. The zero-order chi connectivity index (χ0) is 12.6. The Hall–Kier alpha value is -0.860. The van der Waals surface area contributed by atoms with E-state index < -0.39 is 0 Å². The minimum absolute atomic E-state index is 0.212. The number of nitrogens with one attached hydrogen (secondary N) is 1. The summed E-state index contributed by atoms with van der Waals surface area (Å²) < 4.78 is 6.05. The summed E-state index contributed by atoms with van der Waals surface area (Å²) in [4.78, 5) is 0. The van der Waals surface area contributed by atoms with Crippen LogP contribution in [0.1, 0.15) is 50.7 Å². The van der Waals surface area contributed by atoms with Crippen LogP contribution in [0.5, 0.6) is 0 Å². The molecule has 1 aliphatic rings. The Morgan fingerprint density at radius 2 is 2.00 bits per heavy atom. The van der Waals surface area contributed by atoms with Crippen LogP contribution in [-0.4, -0.2) is 19.2 Å². The summed E-state index contributed by atoms with van der Waals surface area (Å²) in [5.41, 5.74) is 1.29. The molecule has 1 aromatic carbocycles. The van der Waals surface area contributed by atoms with Gasteiger partial charge in [0.1, 0.15) is 0 Å². The third-order valence-electron chi connectivity index (χ3n) is 3.41. The van der Waals surface area contributed by atoms with Gasteiger partial charge < -0.3 is 10.1 Å². The summed E-state index contributed by atoms with van der Waals surface area (Å²) >= 11 is 0. The van der Waals surface area contributed by atoms with Gasteiger partial charge in [0.25, 0.3) is 0 Å². The van der Waals surface area contributed by atoms with E-state index in [-0.39, 0.29) is 6.10 Å². The molecule has 100 valence electrons. The van der Waals surface area contributed by atoms with Gasteiger partial charge in [-0.05, 0) is 24.8 Å². The topological polar surface area (TPSA) is 21.3 Å². The third kappa shape index (κ3) is 4.79. The summed E-state index contributed by atoms with van der Waals surface area (Å²) in [5, 5.41) is 3.57. The van der Waals surface area contributed by atoms with Gasteiger partial charge in [0.15, 0.2) is 0 Å². The van der Waals surface area contributed by atoms with Gasteiger partial charge in [-0.2, -0.15) is 0 Å². The van der Waals surface area contributed by atoms with Gasteiger partial charge in [-0.15, -0.1) is 0 Å². The standard InChI is InChI=1S/C16H25NO/c1-2-3-7-12-18-16(13-17-15-10-11-15)14-8-5-4-6-9-14/h4-6,8-9,15-17H,2-3,7,10-13H2,1H3. The Kier molecular flexibility index (Phi) is 5.69. The molecule has 2 nitrogen and oxygen atoms in total. The predicted octanol–water partition coefficient (Wildman–Crippen LogP) is 3.69. The van der Waals surface area contributed by atoms with Crippen LogP contribution >= 0.6 is 0 Å². The number of rotatable bonds is 9. The number of benzene rings is 1. The van der Waals surface area contributed by atoms with E-state index >= 15 is 0 Å². The van der Waals surface area contributed by atoms with Gasteiger partial charge in [-0.3, -0.25) is 0 Å². The van der Waals surface area contributed by atoms with Gasteiger partial charge in [0.05, 0.1) is 6.10 Å². The van der Waals surface area contributed by atoms with E-state index in [4.69, 9.17) is 4.74 Å². The molecule has 0 bridgehead atoms. The quantitative estimate of drug-likeness (QED) is 0.672. The van der Waals surface area contributed by atoms with Crippen LogP contribution in [0.25, 0.3) is 0 Å². The smallest absolute Gasteiger partial charge is 0.0949 e. The first-order chi connectivity index (χ1) is 8.90. The number of hydrogen-bond acceptors (Lipinski definition) is 2. The zero-order valence-electron chi connectivity index (χ0n) is 11.4. The van der Waals surface area contributed by atoms with Crippen molar-refractivity contribution in [3.63, 3.8) is 0 Å². The van der Waals surface area contributed by atoms with Crippen molar-refractivity contribution >= 4 is 0 Å². The lowest BCUT2D eigenvalue weighted by molar-refractivity contribution is 0.0497. The molecule has 0 amide bonds. The van der Waals surface area contributed by atoms with E-state index in [9.17, 15) is 0 Å². The molecule has 1 saturated carbocycles. The van der Waals surface area contributed by atoms with Crippen LogP contribution < -0.4 is 5.32 Å². The molecule has 2 rings (SSSR count). The minimum atomic E-state index is 0.212. The normalized spacial score (nSPS) is 16.7. The second-order valence-corrected chi connectivity index (χ2v) is 5.16. The molecule has 1 fully saturated rings. The lowest BCUT2D eigenvalue weighted by atomic mass is 10.1. The van der Waals surface area contributed by atoms with Crippen LogP contribution in [0, 0.1) is 0 Å². The van der Waals surface area contributed by atoms with Gasteiger partial charge in [-0.1, -0.05) is 50.1 Å². The van der Waals surface area contributed by atoms with Crippen molar-refractivity contribution in [1.29, 1.82) is 0 Å². The fraction of sp³-hybridized carbons (Fsp3) is 0.625. The maximum absolute atomic E-state index is 6.05. The molecule has 0 aliphatic heterocycles. The van der Waals surface area contributed by atoms with E-state index in [0.29, 0.717) is 0 Å². The highest BCUT2D eigenvalue weighted by Gasteiger charge is 2.22. The molecule has 0 aromatic heterocycles. The SMILES string of the molecule is CCCCCOC(CNC1CC1)c1ccccc1. The molecule has 0 saturated heterocycles. The maximum atomic E-state index is 6.05. The second kappa shape index (κ2) is 7.55. The average Bonchev–Trinajstić information content (AvgIpc) is 3.23. The summed E-state index contributed by atoms with van der Waals surface area (Å²) in [7, 11) is 0. The minimum Gasteiger partial charge on any atom is -0.372 e. The lowest BCUT2D eigenvalue weighted by Crippen LogP contribution is -2.25. The Labute approximate surface area is 111 Å². The van der Waals surface area contributed by atoms with Gasteiger partial charge in [0, 0.05) is 19.2 Å². The molecule has 0 heterocycles. The molecule has 1 aromatic rings. The Morgan fingerprint density at radius 1 is 1.22 bits per heavy atom. The van der Waals surface area contributed by atoms with Crippen LogP contribution in [0.15, 0.2) is 30.3 Å². The molecule has 1 N–H and O–H groups in total. The molecular weight excluding hydrogens is 222 g/mol. The largest absolute Gasteiger partial charge is 0.372 e. The highest BCUT2D eigenvalue weighted by Crippen LogP contribution is 2.22. The number of ether oxygens (including phenoxy) is 1. The third-order valence-corrected chi connectivity index (χ3v) is 3.41. The average molecular weight is 247 g/mol. The van der Waals surface area contributed by atoms with Crippen molar-refractivity contribution in [2.45, 2.75) is 51.2 Å². The predicted molar refractivity (Wildman–Crippen MR) is 75.7 cm³/mol. The summed E-state index contributed by atoms with van der Waals surface area (Å²) in [6.07, 6.45) is 6.55. The highest BCUT2D eigenvalue weighted by atomic mass is 16.5. The van der Waals surface area contributed by atoms with Crippen LogP contribution in [-0.2, 0) is 4.74 Å². The van der Waals surface area contributed by atoms with Crippen molar-refractivity contribution in [2.24, 2.45) is 0 Å². The molecule has 2 heteroatoms. The molecule has 18 heavy (non-hydrogen) atoms. The van der Waals surface area contributed by atoms with E-state index in [1.165, 1.54) is 37.7 Å². The second-order valence-electron chi connectivity index (χ2n) is 5.16. The number of hydrogen-bond donors (Lipinski definition) is 1. The molecule has 0 spiro atoms. The van der Waals surface area contributed by atoms with Crippen molar-refractivity contribution < 1.29 is 4.74 Å². The first-order valence-electron chi connectivity index (χ1n) is 7.30. The van der Waals surface area contributed by atoms with Crippen LogP contribution in [0.3, 0.4) is 0 Å². The maximum Gasteiger partial charge on any atom is 0.0949 e. The molecule has 0 radical (unpaired) electrons. The van der Waals surface area contributed by atoms with Crippen molar-refractivity contribution in [1.82, 2.24) is 5.32 Å². The Morgan fingerprint density at radius 3 is 2.67 bits per heavy atom. The number of unbranched alkanes of at least 4 members (excludes halogenated alkanes) is 2. The van der Waals surface area contributed by atoms with Crippen LogP contribution in [0.2, 0.25) is 0 Å². The zero-order valence-corrected chi connectivity index (χ0v) is 11.4. The van der Waals surface area contributed by atoms with Gasteiger partial charge >= 0.3 is 0 Å². The molecule has 1 atom stereocenters. The lowest BCUT2D eigenvalue weighted by Gasteiger charge is -2.19. The first kappa shape index (κ1) is 13.6. The fourth-order valence-electron chi connectivity index (χ4n) is 2.08. The van der Waals surface area contributed by atoms with Crippen LogP contribution in [0.4, 0.5) is 0 Å². The molecular formula is C16H25NO. The van der Waals surface area contributed by atoms with Gasteiger partial charge in [0.2, 0.25) is 0 Å². The Balaban J connectivity index is 1.81. The van der Waals surface area contributed by atoms with Crippen molar-refractivity contribution in [2.75, 3.05) is 13.2 Å². The van der Waals surface area contributed by atoms with Crippen molar-refractivity contribution in [3.8, 4) is 0 Å². The van der Waals surface area contributed by atoms with E-state index in [1.807, 2.05) is 0 Å².